The summed E-state index contributed by atoms with van der Waals surface area (Å²) in [6.45, 7) is 0.858. The Morgan fingerprint density at radius 3 is 2.75 bits per heavy atom. The van der Waals surface area contributed by atoms with Crippen molar-refractivity contribution in [3.8, 4) is 0 Å². The van der Waals surface area contributed by atoms with Crippen molar-refractivity contribution in [2.75, 3.05) is 6.54 Å². The third kappa shape index (κ3) is 0.980. The molecular weight excluding hydrogens is 107 g/mol. The molecule has 46 valence electrons. The maximum absolute atomic E-state index is 10.1. The summed E-state index contributed by atoms with van der Waals surface area (Å²) in [5.74, 6) is -0.720. The van der Waals surface area contributed by atoms with Crippen molar-refractivity contribution < 1.29 is 9.90 Å². The minimum absolute atomic E-state index is 0.269. The molecule has 0 unspecified atom stereocenters. The monoisotopic (exact) mass is 116 g/mol. The summed E-state index contributed by atoms with van der Waals surface area (Å²) in [6.07, 6.45) is 1.78. The zero-order chi connectivity index (χ0) is 5.98. The Morgan fingerprint density at radius 2 is 2.50 bits per heavy atom. The summed E-state index contributed by atoms with van der Waals surface area (Å²) in [7, 11) is 0. The van der Waals surface area contributed by atoms with Gasteiger partial charge in [0, 0.05) is 0 Å². The standard InChI is InChI=1S/C5H9NO2/c7-5(8)4-2-1-3-6-4/h4,6H,1-3H2,(H,7,8)/t4-/m0/s1/i3+1. The van der Waals surface area contributed by atoms with Crippen molar-refractivity contribution in [3.05, 3.63) is 0 Å². The summed E-state index contributed by atoms with van der Waals surface area (Å²) in [5, 5.41) is 11.2. The van der Waals surface area contributed by atoms with E-state index in [9.17, 15) is 4.79 Å². The van der Waals surface area contributed by atoms with E-state index in [2.05, 4.69) is 5.32 Å². The number of nitrogens with one attached hydrogen (secondary N) is 1. The van der Waals surface area contributed by atoms with Gasteiger partial charge in [-0.25, -0.2) is 0 Å². The fraction of sp³-hybridized carbons (Fsp3) is 0.800. The van der Waals surface area contributed by atoms with E-state index < -0.39 is 5.97 Å². The van der Waals surface area contributed by atoms with Crippen molar-refractivity contribution in [2.45, 2.75) is 18.9 Å². The second-order valence-corrected chi connectivity index (χ2v) is 1.99. The van der Waals surface area contributed by atoms with Crippen molar-refractivity contribution >= 4 is 5.97 Å². The molecule has 1 aliphatic heterocycles. The highest BCUT2D eigenvalue weighted by atomic mass is 16.4. The highest BCUT2D eigenvalue weighted by molar-refractivity contribution is 5.73. The maximum Gasteiger partial charge on any atom is 0.320 e. The van der Waals surface area contributed by atoms with Gasteiger partial charge in [-0.2, -0.15) is 0 Å². The molecule has 0 aromatic heterocycles. The highest BCUT2D eigenvalue weighted by Crippen LogP contribution is 2.03. The maximum atomic E-state index is 10.1. The lowest BCUT2D eigenvalue weighted by Gasteiger charge is -1.99. The Morgan fingerprint density at radius 1 is 1.75 bits per heavy atom. The number of carboxylic acid groups (broad SMARTS) is 1. The molecule has 3 heteroatoms. The SMILES string of the molecule is O=C(O)[C@@H]1CC[13CH2]N1. The first kappa shape index (κ1) is 5.56. The van der Waals surface area contributed by atoms with Crippen molar-refractivity contribution in [1.29, 1.82) is 0 Å². The molecule has 1 atom stereocenters. The van der Waals surface area contributed by atoms with Crippen molar-refractivity contribution in [2.24, 2.45) is 0 Å². The lowest BCUT2D eigenvalue weighted by molar-refractivity contribution is -0.139. The first-order valence-electron chi connectivity index (χ1n) is 2.77. The topological polar surface area (TPSA) is 49.3 Å². The predicted molar refractivity (Wildman–Crippen MR) is 28.7 cm³/mol. The molecule has 2 N–H and O–H groups in total. The van der Waals surface area contributed by atoms with Gasteiger partial charge in [-0.15, -0.1) is 0 Å². The van der Waals surface area contributed by atoms with Crippen LogP contribution in [0.4, 0.5) is 0 Å². The van der Waals surface area contributed by atoms with E-state index in [1.165, 1.54) is 0 Å². The fourth-order valence-electron chi connectivity index (χ4n) is 0.895. The van der Waals surface area contributed by atoms with Crippen LogP contribution in [0.25, 0.3) is 0 Å². The fourth-order valence-corrected chi connectivity index (χ4v) is 0.895. The molecule has 0 bridgehead atoms. The van der Waals surface area contributed by atoms with E-state index in [1.807, 2.05) is 0 Å². The van der Waals surface area contributed by atoms with Gasteiger partial charge in [0.15, 0.2) is 0 Å². The van der Waals surface area contributed by atoms with E-state index in [-0.39, 0.29) is 6.04 Å². The van der Waals surface area contributed by atoms with Crippen LogP contribution in [0.3, 0.4) is 0 Å². The van der Waals surface area contributed by atoms with Crippen LogP contribution in [0, 0.1) is 0 Å². The summed E-state index contributed by atoms with van der Waals surface area (Å²) in [6, 6.07) is -0.269. The minimum Gasteiger partial charge on any atom is -0.480 e. The lowest BCUT2D eigenvalue weighted by atomic mass is 10.2. The molecule has 1 fully saturated rings. The second kappa shape index (κ2) is 2.13. The van der Waals surface area contributed by atoms with Gasteiger partial charge in [0.05, 0.1) is 0 Å². The molecule has 1 aliphatic rings. The first-order valence-corrected chi connectivity index (χ1v) is 2.77. The van der Waals surface area contributed by atoms with Crippen LogP contribution in [0.5, 0.6) is 0 Å². The van der Waals surface area contributed by atoms with Crippen LogP contribution in [0.1, 0.15) is 12.8 Å². The average Bonchev–Trinajstić information content (AvgIpc) is 2.12. The van der Waals surface area contributed by atoms with Crippen LogP contribution in [0.2, 0.25) is 0 Å². The highest BCUT2D eigenvalue weighted by Gasteiger charge is 2.20. The van der Waals surface area contributed by atoms with Crippen molar-refractivity contribution in [3.63, 3.8) is 0 Å². The van der Waals surface area contributed by atoms with Gasteiger partial charge in [0.2, 0.25) is 0 Å². The number of aliphatic carboxylic acids is 1. The normalized spacial score (nSPS) is 28.2. The third-order valence-electron chi connectivity index (χ3n) is 1.36. The molecule has 8 heavy (non-hydrogen) atoms. The Bertz CT molecular complexity index is 96.6. The third-order valence-corrected chi connectivity index (χ3v) is 1.36. The first-order chi connectivity index (χ1) is 3.80. The van der Waals surface area contributed by atoms with Gasteiger partial charge < -0.3 is 10.4 Å². The van der Waals surface area contributed by atoms with Crippen LogP contribution in [0.15, 0.2) is 0 Å². The zero-order valence-electron chi connectivity index (χ0n) is 4.55. The quantitative estimate of drug-likeness (QED) is 0.467. The Labute approximate surface area is 47.7 Å². The number of carbonyl (C=O) groups is 1. The van der Waals surface area contributed by atoms with Gasteiger partial charge in [0.25, 0.3) is 0 Å². The van der Waals surface area contributed by atoms with Crippen LogP contribution in [-0.4, -0.2) is 23.7 Å². The number of rotatable bonds is 1. The Balaban J connectivity index is 2.35. The van der Waals surface area contributed by atoms with Gasteiger partial charge in [-0.1, -0.05) is 0 Å². The van der Waals surface area contributed by atoms with Gasteiger partial charge in [-0.05, 0) is 19.4 Å². The Kier molecular flexibility index (Phi) is 1.48. The minimum atomic E-state index is -0.720. The molecule has 0 amide bonds. The number of carboxylic acids is 1. The molecule has 0 aromatic carbocycles. The Hall–Kier alpha value is -0.570. The predicted octanol–water partition coefficient (Wildman–Crippen LogP) is -0.177. The van der Waals surface area contributed by atoms with Gasteiger partial charge in [-0.3, -0.25) is 4.79 Å². The summed E-state index contributed by atoms with van der Waals surface area (Å²) >= 11 is 0. The van der Waals surface area contributed by atoms with Gasteiger partial charge in [0.1, 0.15) is 6.04 Å². The molecule has 0 radical (unpaired) electrons. The number of hydrogen-bond donors (Lipinski definition) is 2. The van der Waals surface area contributed by atoms with Crippen LogP contribution >= 0.6 is 0 Å². The average molecular weight is 116 g/mol. The number of hydrogen-bond acceptors (Lipinski definition) is 2. The summed E-state index contributed by atoms with van der Waals surface area (Å²) < 4.78 is 0. The molecule has 0 aromatic rings. The zero-order valence-corrected chi connectivity index (χ0v) is 4.55. The second-order valence-electron chi connectivity index (χ2n) is 1.99. The van der Waals surface area contributed by atoms with Crippen LogP contribution < -0.4 is 5.32 Å². The van der Waals surface area contributed by atoms with Crippen molar-refractivity contribution in [1.82, 2.24) is 5.32 Å². The summed E-state index contributed by atoms with van der Waals surface area (Å²) in [4.78, 5) is 10.1. The molecular formula is C5H9NO2. The molecule has 1 heterocycles. The van der Waals surface area contributed by atoms with E-state index in [1.54, 1.807) is 0 Å². The van der Waals surface area contributed by atoms with Gasteiger partial charge >= 0.3 is 5.97 Å². The molecule has 3 nitrogen and oxygen atoms in total. The summed E-state index contributed by atoms with van der Waals surface area (Å²) in [5.41, 5.74) is 0. The van der Waals surface area contributed by atoms with E-state index in [0.717, 1.165) is 19.4 Å². The molecule has 0 aliphatic carbocycles. The molecule has 1 saturated heterocycles. The molecule has 0 saturated carbocycles. The largest absolute Gasteiger partial charge is 0.480 e. The van der Waals surface area contributed by atoms with E-state index in [0.29, 0.717) is 0 Å². The molecule has 0 spiro atoms. The van der Waals surface area contributed by atoms with Crippen LogP contribution in [-0.2, 0) is 4.79 Å². The lowest BCUT2D eigenvalue weighted by Crippen LogP contribution is -2.29. The smallest absolute Gasteiger partial charge is 0.320 e. The molecule has 1 rings (SSSR count). The van der Waals surface area contributed by atoms with E-state index >= 15 is 0 Å². The van der Waals surface area contributed by atoms with E-state index in [4.69, 9.17) is 5.11 Å².